The molecule has 1 aliphatic heterocycles. The Hall–Kier alpha value is -2.71. The van der Waals surface area contributed by atoms with E-state index in [0.717, 1.165) is 5.56 Å². The largest absolute Gasteiger partial charge is 0.489 e. The molecule has 8 heteroatoms. The third-order valence-corrected chi connectivity index (χ3v) is 5.55. The molecular formula is C21H18FNO4S2. The lowest BCUT2D eigenvalue weighted by Gasteiger charge is -2.13. The van der Waals surface area contributed by atoms with Gasteiger partial charge in [0.2, 0.25) is 0 Å². The summed E-state index contributed by atoms with van der Waals surface area (Å²) in [6, 6.07) is 13.5. The SMILES string of the molecule is O=C(O)CCCN1C(=O)/C(=C/c2ccc(OCc3ccccc3F)cc2)SC1=S. The predicted molar refractivity (Wildman–Crippen MR) is 114 cm³/mol. The van der Waals surface area contributed by atoms with Gasteiger partial charge in [0.1, 0.15) is 22.5 Å². The molecule has 1 aliphatic rings. The van der Waals surface area contributed by atoms with E-state index in [1.165, 1.54) is 22.7 Å². The third kappa shape index (κ3) is 5.65. The molecule has 0 unspecified atom stereocenters. The molecule has 0 radical (unpaired) electrons. The highest BCUT2D eigenvalue weighted by molar-refractivity contribution is 8.26. The van der Waals surface area contributed by atoms with Crippen LogP contribution < -0.4 is 4.74 Å². The van der Waals surface area contributed by atoms with Gasteiger partial charge in [-0.05, 0) is 36.3 Å². The number of carboxylic acid groups (broad SMARTS) is 1. The molecular weight excluding hydrogens is 413 g/mol. The van der Waals surface area contributed by atoms with Crippen LogP contribution in [-0.2, 0) is 16.2 Å². The summed E-state index contributed by atoms with van der Waals surface area (Å²) in [6.07, 6.45) is 2.07. The maximum atomic E-state index is 13.6. The molecule has 0 atom stereocenters. The van der Waals surface area contributed by atoms with Crippen molar-refractivity contribution in [2.75, 3.05) is 6.54 Å². The number of thiocarbonyl (C=S) groups is 1. The molecule has 1 amide bonds. The molecule has 0 aromatic heterocycles. The average Bonchev–Trinajstić information content (AvgIpc) is 2.95. The van der Waals surface area contributed by atoms with Crippen molar-refractivity contribution in [3.8, 4) is 5.75 Å². The van der Waals surface area contributed by atoms with Gasteiger partial charge < -0.3 is 9.84 Å². The zero-order chi connectivity index (χ0) is 20.8. The first-order valence-electron chi connectivity index (χ1n) is 8.87. The molecule has 0 bridgehead atoms. The van der Waals surface area contributed by atoms with Gasteiger partial charge in [0.05, 0.1) is 4.91 Å². The Labute approximate surface area is 177 Å². The molecule has 3 rings (SSSR count). The van der Waals surface area contributed by atoms with Gasteiger partial charge in [0.15, 0.2) is 0 Å². The van der Waals surface area contributed by atoms with Crippen LogP contribution in [0.2, 0.25) is 0 Å². The summed E-state index contributed by atoms with van der Waals surface area (Å²) in [4.78, 5) is 25.0. The maximum Gasteiger partial charge on any atom is 0.303 e. The molecule has 2 aromatic rings. The molecule has 29 heavy (non-hydrogen) atoms. The number of aliphatic carboxylic acids is 1. The summed E-state index contributed by atoms with van der Waals surface area (Å²) in [5.41, 5.74) is 1.28. The molecule has 5 nitrogen and oxygen atoms in total. The van der Waals surface area contributed by atoms with Gasteiger partial charge in [-0.25, -0.2) is 4.39 Å². The number of carboxylic acids is 1. The van der Waals surface area contributed by atoms with E-state index in [0.29, 0.717) is 27.0 Å². The van der Waals surface area contributed by atoms with Crippen molar-refractivity contribution in [1.29, 1.82) is 0 Å². The van der Waals surface area contributed by atoms with Crippen LogP contribution in [0.3, 0.4) is 0 Å². The number of carbonyl (C=O) groups is 2. The Kier molecular flexibility index (Phi) is 7.00. The van der Waals surface area contributed by atoms with Gasteiger partial charge in [-0.1, -0.05) is 54.3 Å². The van der Waals surface area contributed by atoms with E-state index in [-0.39, 0.29) is 31.3 Å². The molecule has 0 saturated carbocycles. The Morgan fingerprint density at radius 2 is 1.93 bits per heavy atom. The van der Waals surface area contributed by atoms with Gasteiger partial charge in [0.25, 0.3) is 5.91 Å². The molecule has 2 aromatic carbocycles. The van der Waals surface area contributed by atoms with Crippen LogP contribution in [0.1, 0.15) is 24.0 Å². The normalized spacial score (nSPS) is 15.2. The third-order valence-electron chi connectivity index (χ3n) is 4.18. The second kappa shape index (κ2) is 9.67. The highest BCUT2D eigenvalue weighted by Crippen LogP contribution is 2.33. The smallest absolute Gasteiger partial charge is 0.303 e. The maximum absolute atomic E-state index is 13.6. The number of thioether (sulfide) groups is 1. The fraction of sp³-hybridized carbons (Fsp3) is 0.190. The van der Waals surface area contributed by atoms with Crippen LogP contribution in [0.15, 0.2) is 53.4 Å². The quantitative estimate of drug-likeness (QED) is 0.491. The molecule has 150 valence electrons. The monoisotopic (exact) mass is 431 g/mol. The summed E-state index contributed by atoms with van der Waals surface area (Å²) in [5.74, 6) is -0.838. The lowest BCUT2D eigenvalue weighted by atomic mass is 10.2. The Bertz CT molecular complexity index is 959. The Morgan fingerprint density at radius 3 is 2.62 bits per heavy atom. The number of hydrogen-bond donors (Lipinski definition) is 1. The van der Waals surface area contributed by atoms with Crippen LogP contribution in [0, 0.1) is 5.82 Å². The topological polar surface area (TPSA) is 66.8 Å². The van der Waals surface area contributed by atoms with E-state index in [4.69, 9.17) is 22.1 Å². The number of ether oxygens (including phenoxy) is 1. The van der Waals surface area contributed by atoms with Crippen LogP contribution in [0.25, 0.3) is 6.08 Å². The molecule has 1 heterocycles. The van der Waals surface area contributed by atoms with Gasteiger partial charge in [0, 0.05) is 18.5 Å². The predicted octanol–water partition coefficient (Wildman–Crippen LogP) is 4.47. The van der Waals surface area contributed by atoms with Crippen molar-refractivity contribution in [1.82, 2.24) is 4.90 Å². The number of nitrogens with zero attached hydrogens (tertiary/aromatic N) is 1. The Morgan fingerprint density at radius 1 is 1.21 bits per heavy atom. The van der Waals surface area contributed by atoms with Crippen LogP contribution in [0.5, 0.6) is 5.75 Å². The highest BCUT2D eigenvalue weighted by Gasteiger charge is 2.31. The first-order valence-corrected chi connectivity index (χ1v) is 10.1. The second-order valence-corrected chi connectivity index (χ2v) is 7.96. The van der Waals surface area contributed by atoms with Crippen molar-refractivity contribution < 1.29 is 23.8 Å². The minimum absolute atomic E-state index is 0.00947. The highest BCUT2D eigenvalue weighted by atomic mass is 32.2. The first-order chi connectivity index (χ1) is 13.9. The van der Waals surface area contributed by atoms with Gasteiger partial charge in [-0.2, -0.15) is 0 Å². The summed E-state index contributed by atoms with van der Waals surface area (Å²) in [5, 5.41) is 8.72. The van der Waals surface area contributed by atoms with E-state index >= 15 is 0 Å². The fourth-order valence-electron chi connectivity index (χ4n) is 2.67. The lowest BCUT2D eigenvalue weighted by Crippen LogP contribution is -2.29. The zero-order valence-corrected chi connectivity index (χ0v) is 17.0. The minimum Gasteiger partial charge on any atom is -0.489 e. The molecule has 0 spiro atoms. The summed E-state index contributed by atoms with van der Waals surface area (Å²) in [7, 11) is 0. The number of hydrogen-bond acceptors (Lipinski definition) is 5. The van der Waals surface area contributed by atoms with Gasteiger partial charge >= 0.3 is 5.97 Å². The van der Waals surface area contributed by atoms with Crippen molar-refractivity contribution in [3.05, 3.63) is 70.4 Å². The number of carbonyl (C=O) groups excluding carboxylic acids is 1. The van der Waals surface area contributed by atoms with Crippen molar-refractivity contribution >= 4 is 46.3 Å². The first kappa shape index (κ1) is 21.0. The molecule has 1 N–H and O–H groups in total. The fourth-order valence-corrected chi connectivity index (χ4v) is 3.98. The average molecular weight is 432 g/mol. The number of halogens is 1. The lowest BCUT2D eigenvalue weighted by molar-refractivity contribution is -0.137. The Balaban J connectivity index is 1.60. The van der Waals surface area contributed by atoms with Crippen LogP contribution >= 0.6 is 24.0 Å². The van der Waals surface area contributed by atoms with Crippen LogP contribution in [-0.4, -0.2) is 32.7 Å². The van der Waals surface area contributed by atoms with E-state index < -0.39 is 5.97 Å². The second-order valence-electron chi connectivity index (χ2n) is 6.28. The summed E-state index contributed by atoms with van der Waals surface area (Å²) < 4.78 is 19.7. The molecule has 0 aliphatic carbocycles. The standard InChI is InChI=1S/C21H18FNO4S2/c22-17-5-2-1-4-15(17)13-27-16-9-7-14(8-10-16)12-18-20(26)23(21(28)29-18)11-3-6-19(24)25/h1-2,4-5,7-10,12H,3,6,11,13H2,(H,24,25)/b18-12-. The zero-order valence-electron chi connectivity index (χ0n) is 15.3. The van der Waals surface area contributed by atoms with Crippen molar-refractivity contribution in [2.45, 2.75) is 19.4 Å². The van der Waals surface area contributed by atoms with E-state index in [9.17, 15) is 14.0 Å². The number of benzene rings is 2. The number of amides is 1. The summed E-state index contributed by atoms with van der Waals surface area (Å²) >= 11 is 6.43. The van der Waals surface area contributed by atoms with E-state index in [1.807, 2.05) is 0 Å². The number of rotatable bonds is 8. The van der Waals surface area contributed by atoms with Gasteiger partial charge in [-0.3, -0.25) is 14.5 Å². The van der Waals surface area contributed by atoms with Crippen molar-refractivity contribution in [2.24, 2.45) is 0 Å². The molecule has 1 saturated heterocycles. The minimum atomic E-state index is -0.900. The van der Waals surface area contributed by atoms with Crippen LogP contribution in [0.4, 0.5) is 4.39 Å². The van der Waals surface area contributed by atoms with Gasteiger partial charge in [-0.15, -0.1) is 0 Å². The van der Waals surface area contributed by atoms with Crippen molar-refractivity contribution in [3.63, 3.8) is 0 Å². The summed E-state index contributed by atoms with van der Waals surface area (Å²) in [6.45, 7) is 0.415. The van der Waals surface area contributed by atoms with E-state index in [2.05, 4.69) is 0 Å². The van der Waals surface area contributed by atoms with E-state index in [1.54, 1.807) is 48.5 Å². The molecule has 1 fully saturated rings.